The van der Waals surface area contributed by atoms with Crippen molar-refractivity contribution < 1.29 is 4.74 Å². The third-order valence-corrected chi connectivity index (χ3v) is 1.03. The van der Waals surface area contributed by atoms with Crippen LogP contribution in [0, 0.1) is 0 Å². The first kappa shape index (κ1) is 9.88. The molecule has 0 saturated heterocycles. The Bertz CT molecular complexity index is 183. The van der Waals surface area contributed by atoms with Crippen LogP contribution in [-0.2, 0) is 4.74 Å². The summed E-state index contributed by atoms with van der Waals surface area (Å²) in [6.45, 7) is 9.56. The van der Waals surface area contributed by atoms with E-state index < -0.39 is 0 Å². The Balaban J connectivity index is 3.99. The Morgan fingerprint density at radius 3 is 2.64 bits per heavy atom. The zero-order chi connectivity index (χ0) is 8.69. The van der Waals surface area contributed by atoms with Gasteiger partial charge in [0.2, 0.25) is 0 Å². The molecule has 3 nitrogen and oxygen atoms in total. The van der Waals surface area contributed by atoms with Gasteiger partial charge < -0.3 is 4.74 Å². The van der Waals surface area contributed by atoms with Crippen LogP contribution in [0.2, 0.25) is 0 Å². The monoisotopic (exact) mass is 154 g/mol. The summed E-state index contributed by atoms with van der Waals surface area (Å²) in [5, 5.41) is 0. The van der Waals surface area contributed by atoms with Crippen molar-refractivity contribution in [2.45, 2.75) is 20.8 Å². The highest BCUT2D eigenvalue weighted by atomic mass is 16.5. The van der Waals surface area contributed by atoms with E-state index in [2.05, 4.69) is 16.7 Å². The molecular formula is C8H14N2O. The van der Waals surface area contributed by atoms with E-state index in [1.807, 2.05) is 13.8 Å². The van der Waals surface area contributed by atoms with Gasteiger partial charge in [0.05, 0.1) is 12.8 Å². The molecule has 0 rings (SSSR count). The molecule has 0 radical (unpaired) electrons. The van der Waals surface area contributed by atoms with Crippen LogP contribution in [-0.4, -0.2) is 19.2 Å². The molecule has 0 aliphatic heterocycles. The largest absolute Gasteiger partial charge is 0.497 e. The maximum atomic E-state index is 5.13. The average molecular weight is 154 g/mol. The fourth-order valence-corrected chi connectivity index (χ4v) is 0.490. The molecule has 62 valence electrons. The molecule has 0 aliphatic carbocycles. The SMILES string of the molecule is C=NC(C)=N/C=C(\C)OCC. The lowest BCUT2D eigenvalue weighted by Gasteiger charge is -1.98. The lowest BCUT2D eigenvalue weighted by molar-refractivity contribution is 0.230. The Morgan fingerprint density at radius 1 is 1.55 bits per heavy atom. The van der Waals surface area contributed by atoms with E-state index in [4.69, 9.17) is 4.74 Å². The number of amidine groups is 1. The molecule has 0 aromatic carbocycles. The van der Waals surface area contributed by atoms with Crippen LogP contribution in [0.25, 0.3) is 0 Å². The molecule has 0 heterocycles. The first-order valence-electron chi connectivity index (χ1n) is 3.51. The number of rotatable bonds is 3. The van der Waals surface area contributed by atoms with E-state index in [1.54, 1.807) is 13.1 Å². The van der Waals surface area contributed by atoms with Gasteiger partial charge in [-0.05, 0) is 27.5 Å². The summed E-state index contributed by atoms with van der Waals surface area (Å²) in [7, 11) is 0. The second kappa shape index (κ2) is 5.65. The minimum Gasteiger partial charge on any atom is -0.497 e. The van der Waals surface area contributed by atoms with Crippen molar-refractivity contribution in [3.05, 3.63) is 12.0 Å². The lowest BCUT2D eigenvalue weighted by atomic mass is 10.6. The molecule has 0 aliphatic rings. The van der Waals surface area contributed by atoms with E-state index in [0.29, 0.717) is 12.4 Å². The van der Waals surface area contributed by atoms with Crippen molar-refractivity contribution in [1.29, 1.82) is 0 Å². The van der Waals surface area contributed by atoms with Gasteiger partial charge in [0.15, 0.2) is 0 Å². The Hall–Kier alpha value is -1.12. The van der Waals surface area contributed by atoms with E-state index in [0.717, 1.165) is 5.76 Å². The van der Waals surface area contributed by atoms with E-state index >= 15 is 0 Å². The third-order valence-electron chi connectivity index (χ3n) is 1.03. The molecule has 0 saturated carbocycles. The van der Waals surface area contributed by atoms with Crippen molar-refractivity contribution in [2.24, 2.45) is 9.98 Å². The van der Waals surface area contributed by atoms with Crippen LogP contribution in [0.3, 0.4) is 0 Å². The smallest absolute Gasteiger partial charge is 0.124 e. The summed E-state index contributed by atoms with van der Waals surface area (Å²) in [5.41, 5.74) is 0. The number of hydrogen-bond acceptors (Lipinski definition) is 2. The number of hydrogen-bond donors (Lipinski definition) is 0. The predicted octanol–water partition coefficient (Wildman–Crippen LogP) is 2.00. The topological polar surface area (TPSA) is 34.0 Å². The van der Waals surface area contributed by atoms with Crippen molar-refractivity contribution in [3.8, 4) is 0 Å². The molecule has 0 fully saturated rings. The van der Waals surface area contributed by atoms with Crippen LogP contribution in [0.15, 0.2) is 21.9 Å². The highest BCUT2D eigenvalue weighted by Crippen LogP contribution is 1.95. The van der Waals surface area contributed by atoms with Gasteiger partial charge in [-0.3, -0.25) is 0 Å². The van der Waals surface area contributed by atoms with Crippen molar-refractivity contribution in [2.75, 3.05) is 6.61 Å². The molecule has 0 spiro atoms. The Kier molecular flexibility index (Phi) is 5.07. The summed E-state index contributed by atoms with van der Waals surface area (Å²) < 4.78 is 5.13. The Labute approximate surface area is 67.5 Å². The molecule has 0 atom stereocenters. The molecule has 0 aromatic heterocycles. The van der Waals surface area contributed by atoms with Crippen LogP contribution in [0.4, 0.5) is 0 Å². The summed E-state index contributed by atoms with van der Waals surface area (Å²) in [4.78, 5) is 7.58. The normalized spacial score (nSPS) is 13.0. The predicted molar refractivity (Wildman–Crippen MR) is 48.0 cm³/mol. The minimum absolute atomic E-state index is 0.643. The molecule has 0 unspecified atom stereocenters. The van der Waals surface area contributed by atoms with Crippen molar-refractivity contribution in [1.82, 2.24) is 0 Å². The molecule has 0 bridgehead atoms. The van der Waals surface area contributed by atoms with Gasteiger partial charge in [-0.15, -0.1) is 0 Å². The maximum Gasteiger partial charge on any atom is 0.124 e. The number of allylic oxidation sites excluding steroid dienone is 1. The summed E-state index contributed by atoms with van der Waals surface area (Å²) in [6.07, 6.45) is 1.63. The standard InChI is InChI=1S/C8H14N2O/c1-5-11-7(2)6-10-8(3)9-4/h6H,4-5H2,1-3H3/b7-6+,10-8?. The fourth-order valence-electron chi connectivity index (χ4n) is 0.490. The molecule has 0 amide bonds. The molecular weight excluding hydrogens is 140 g/mol. The molecule has 11 heavy (non-hydrogen) atoms. The van der Waals surface area contributed by atoms with Crippen molar-refractivity contribution >= 4 is 12.6 Å². The van der Waals surface area contributed by atoms with Gasteiger partial charge in [-0.2, -0.15) is 0 Å². The van der Waals surface area contributed by atoms with Gasteiger partial charge in [0.1, 0.15) is 11.6 Å². The molecule has 3 heteroatoms. The lowest BCUT2D eigenvalue weighted by Crippen LogP contribution is -1.86. The Morgan fingerprint density at radius 2 is 2.18 bits per heavy atom. The second-order valence-corrected chi connectivity index (χ2v) is 2.01. The average Bonchev–Trinajstić information content (AvgIpc) is 2.01. The van der Waals surface area contributed by atoms with E-state index in [1.165, 1.54) is 0 Å². The van der Waals surface area contributed by atoms with Gasteiger partial charge in [-0.25, -0.2) is 9.98 Å². The summed E-state index contributed by atoms with van der Waals surface area (Å²) >= 11 is 0. The van der Waals surface area contributed by atoms with Crippen LogP contribution < -0.4 is 0 Å². The zero-order valence-electron chi connectivity index (χ0n) is 7.29. The maximum absolute atomic E-state index is 5.13. The van der Waals surface area contributed by atoms with E-state index in [-0.39, 0.29) is 0 Å². The molecule has 0 aromatic rings. The van der Waals surface area contributed by atoms with Crippen LogP contribution >= 0.6 is 0 Å². The van der Waals surface area contributed by atoms with Crippen LogP contribution in [0.1, 0.15) is 20.8 Å². The fraction of sp³-hybridized carbons (Fsp3) is 0.500. The number of ether oxygens (including phenoxy) is 1. The van der Waals surface area contributed by atoms with Gasteiger partial charge >= 0.3 is 0 Å². The van der Waals surface area contributed by atoms with Gasteiger partial charge in [0.25, 0.3) is 0 Å². The minimum atomic E-state index is 0.643. The van der Waals surface area contributed by atoms with E-state index in [9.17, 15) is 0 Å². The highest BCUT2D eigenvalue weighted by Gasteiger charge is 1.84. The highest BCUT2D eigenvalue weighted by molar-refractivity contribution is 5.84. The van der Waals surface area contributed by atoms with Gasteiger partial charge in [0, 0.05) is 0 Å². The third kappa shape index (κ3) is 5.33. The second-order valence-electron chi connectivity index (χ2n) is 2.01. The zero-order valence-corrected chi connectivity index (χ0v) is 7.29. The number of nitrogens with zero attached hydrogens (tertiary/aromatic N) is 2. The first-order chi connectivity index (χ1) is 5.20. The van der Waals surface area contributed by atoms with Crippen molar-refractivity contribution in [3.63, 3.8) is 0 Å². The van der Waals surface area contributed by atoms with Crippen LogP contribution in [0.5, 0.6) is 0 Å². The van der Waals surface area contributed by atoms with Gasteiger partial charge in [-0.1, -0.05) is 0 Å². The molecule has 0 N–H and O–H groups in total. The quantitative estimate of drug-likeness (QED) is 0.348. The summed E-state index contributed by atoms with van der Waals surface area (Å²) in [5.74, 6) is 1.43. The first-order valence-corrected chi connectivity index (χ1v) is 3.51. The number of aliphatic imine (C=N–C) groups is 2. The summed E-state index contributed by atoms with van der Waals surface area (Å²) in [6, 6.07) is 0.